The summed E-state index contributed by atoms with van der Waals surface area (Å²) in [5, 5.41) is 9.28. The molecule has 0 aliphatic carbocycles. The van der Waals surface area contributed by atoms with Gasteiger partial charge in [0.15, 0.2) is 0 Å². The Morgan fingerprint density at radius 2 is 1.81 bits per heavy atom. The van der Waals surface area contributed by atoms with Gasteiger partial charge in [-0.2, -0.15) is 5.26 Å². The van der Waals surface area contributed by atoms with Crippen LogP contribution in [0.4, 0.5) is 0 Å². The number of ether oxygens (including phenoxy) is 1. The Bertz CT molecular complexity index is 859. The highest BCUT2D eigenvalue weighted by Gasteiger charge is 2.15. The summed E-state index contributed by atoms with van der Waals surface area (Å²) in [5.74, 6) is 0.797. The highest BCUT2D eigenvalue weighted by molar-refractivity contribution is 5.70. The minimum atomic E-state index is -0.351. The minimum Gasteiger partial charge on any atom is -0.492 e. The molecule has 27 heavy (non-hydrogen) atoms. The zero-order valence-electron chi connectivity index (χ0n) is 16.0. The van der Waals surface area contributed by atoms with Crippen LogP contribution in [-0.4, -0.2) is 60.7 Å². The number of hydrogen-bond donors (Lipinski definition) is 1. The van der Waals surface area contributed by atoms with Crippen LogP contribution in [0.25, 0.3) is 11.1 Å². The molecule has 1 fully saturated rings. The van der Waals surface area contributed by atoms with Gasteiger partial charge in [0.25, 0.3) is 5.56 Å². The number of benzene rings is 1. The van der Waals surface area contributed by atoms with Gasteiger partial charge in [0, 0.05) is 44.0 Å². The monoisotopic (exact) mass is 366 g/mol. The Labute approximate surface area is 160 Å². The van der Waals surface area contributed by atoms with Crippen molar-refractivity contribution in [2.24, 2.45) is 0 Å². The first-order valence-corrected chi connectivity index (χ1v) is 9.42. The SMILES string of the molecule is CCN1CCN(CCOc2ccc(-c3cc(C)[nH]c(=O)c3C#N)cc2)CC1. The first-order chi connectivity index (χ1) is 13.1. The highest BCUT2D eigenvalue weighted by atomic mass is 16.5. The topological polar surface area (TPSA) is 72.4 Å². The third-order valence-electron chi connectivity index (χ3n) is 5.03. The molecule has 0 bridgehead atoms. The summed E-state index contributed by atoms with van der Waals surface area (Å²) in [5.41, 5.74) is 2.01. The maximum atomic E-state index is 12.0. The fraction of sp³-hybridized carbons (Fsp3) is 0.429. The molecule has 1 N–H and O–H groups in total. The second-order valence-electron chi connectivity index (χ2n) is 6.83. The van der Waals surface area contributed by atoms with E-state index in [0.29, 0.717) is 12.2 Å². The summed E-state index contributed by atoms with van der Waals surface area (Å²) in [6, 6.07) is 11.4. The van der Waals surface area contributed by atoms with Crippen molar-refractivity contribution in [3.05, 3.63) is 51.9 Å². The number of hydrogen-bond acceptors (Lipinski definition) is 5. The lowest BCUT2D eigenvalue weighted by molar-refractivity contribution is 0.121. The van der Waals surface area contributed by atoms with E-state index < -0.39 is 0 Å². The molecule has 2 aromatic rings. The first kappa shape index (κ1) is 19.2. The first-order valence-electron chi connectivity index (χ1n) is 9.42. The molecule has 1 saturated heterocycles. The number of pyridine rings is 1. The number of piperazine rings is 1. The molecule has 0 spiro atoms. The van der Waals surface area contributed by atoms with Crippen LogP contribution in [0.3, 0.4) is 0 Å². The normalized spacial score (nSPS) is 15.4. The van der Waals surface area contributed by atoms with Gasteiger partial charge in [-0.1, -0.05) is 19.1 Å². The molecule has 0 amide bonds. The Morgan fingerprint density at radius 1 is 1.15 bits per heavy atom. The lowest BCUT2D eigenvalue weighted by Gasteiger charge is -2.33. The molecule has 1 aromatic carbocycles. The van der Waals surface area contributed by atoms with Crippen molar-refractivity contribution in [2.75, 3.05) is 45.9 Å². The zero-order valence-corrected chi connectivity index (χ0v) is 16.0. The van der Waals surface area contributed by atoms with E-state index in [1.807, 2.05) is 43.3 Å². The molecule has 6 heteroatoms. The maximum absolute atomic E-state index is 12.0. The molecule has 3 rings (SSSR count). The highest BCUT2D eigenvalue weighted by Crippen LogP contribution is 2.24. The van der Waals surface area contributed by atoms with Crippen molar-refractivity contribution >= 4 is 0 Å². The van der Waals surface area contributed by atoms with Crippen LogP contribution >= 0.6 is 0 Å². The maximum Gasteiger partial charge on any atom is 0.266 e. The summed E-state index contributed by atoms with van der Waals surface area (Å²) in [7, 11) is 0. The number of nitrogens with one attached hydrogen (secondary N) is 1. The van der Waals surface area contributed by atoms with E-state index in [4.69, 9.17) is 4.74 Å². The molecule has 0 atom stereocenters. The van der Waals surface area contributed by atoms with Crippen molar-refractivity contribution in [1.82, 2.24) is 14.8 Å². The Hall–Kier alpha value is -2.62. The average Bonchev–Trinajstić information content (AvgIpc) is 2.68. The molecule has 0 radical (unpaired) electrons. The molecule has 142 valence electrons. The minimum absolute atomic E-state index is 0.139. The molecule has 0 saturated carbocycles. The summed E-state index contributed by atoms with van der Waals surface area (Å²) in [6.45, 7) is 11.1. The number of likely N-dealkylation sites (N-methyl/N-ethyl adjacent to an activating group) is 1. The Kier molecular flexibility index (Phi) is 6.28. The van der Waals surface area contributed by atoms with Crippen LogP contribution < -0.4 is 10.3 Å². The largest absolute Gasteiger partial charge is 0.492 e. The number of nitrogens with zero attached hydrogens (tertiary/aromatic N) is 3. The van der Waals surface area contributed by atoms with Crippen molar-refractivity contribution in [3.63, 3.8) is 0 Å². The second kappa shape index (κ2) is 8.85. The fourth-order valence-electron chi connectivity index (χ4n) is 3.38. The van der Waals surface area contributed by atoms with Crippen LogP contribution in [0.1, 0.15) is 18.2 Å². The molecular formula is C21H26N4O2. The van der Waals surface area contributed by atoms with Crippen molar-refractivity contribution < 1.29 is 4.74 Å². The van der Waals surface area contributed by atoms with Crippen LogP contribution in [-0.2, 0) is 0 Å². The van der Waals surface area contributed by atoms with Crippen molar-refractivity contribution in [1.29, 1.82) is 5.26 Å². The summed E-state index contributed by atoms with van der Waals surface area (Å²) < 4.78 is 5.87. The molecule has 2 heterocycles. The van der Waals surface area contributed by atoms with Crippen LogP contribution in [0.5, 0.6) is 5.75 Å². The molecule has 1 aliphatic heterocycles. The van der Waals surface area contributed by atoms with Gasteiger partial charge in [-0.05, 0) is 37.2 Å². The number of rotatable bonds is 6. The van der Waals surface area contributed by atoms with Crippen LogP contribution in [0.15, 0.2) is 35.1 Å². The Balaban J connectivity index is 1.59. The van der Waals surface area contributed by atoms with Gasteiger partial charge in [0.2, 0.25) is 0 Å². The second-order valence-corrected chi connectivity index (χ2v) is 6.83. The fourth-order valence-corrected chi connectivity index (χ4v) is 3.38. The van der Waals surface area contributed by atoms with Gasteiger partial charge in [-0.15, -0.1) is 0 Å². The summed E-state index contributed by atoms with van der Waals surface area (Å²) >= 11 is 0. The van der Waals surface area contributed by atoms with E-state index in [9.17, 15) is 10.1 Å². The average molecular weight is 366 g/mol. The van der Waals surface area contributed by atoms with Gasteiger partial charge >= 0.3 is 0 Å². The van der Waals surface area contributed by atoms with Gasteiger partial charge in [-0.3, -0.25) is 9.69 Å². The predicted molar refractivity (Wildman–Crippen MR) is 106 cm³/mol. The van der Waals surface area contributed by atoms with E-state index in [0.717, 1.165) is 56.3 Å². The summed E-state index contributed by atoms with van der Waals surface area (Å²) in [6.07, 6.45) is 0. The van der Waals surface area contributed by atoms with Gasteiger partial charge in [-0.25, -0.2) is 0 Å². The summed E-state index contributed by atoms with van der Waals surface area (Å²) in [4.78, 5) is 19.5. The number of aromatic nitrogens is 1. The van der Waals surface area contributed by atoms with Crippen molar-refractivity contribution in [3.8, 4) is 22.9 Å². The van der Waals surface area contributed by atoms with Crippen LogP contribution in [0.2, 0.25) is 0 Å². The smallest absolute Gasteiger partial charge is 0.266 e. The van der Waals surface area contributed by atoms with Crippen molar-refractivity contribution in [2.45, 2.75) is 13.8 Å². The van der Waals surface area contributed by atoms with Crippen LogP contribution in [0, 0.1) is 18.3 Å². The number of aromatic amines is 1. The lowest BCUT2D eigenvalue weighted by atomic mass is 10.0. The molecule has 1 aliphatic rings. The Morgan fingerprint density at radius 3 is 2.44 bits per heavy atom. The predicted octanol–water partition coefficient (Wildman–Crippen LogP) is 2.24. The van der Waals surface area contributed by atoms with E-state index in [1.54, 1.807) is 0 Å². The standard InChI is InChI=1S/C21H26N4O2/c1-3-24-8-10-25(11-9-24)12-13-27-18-6-4-17(5-7-18)19-14-16(2)23-21(26)20(19)15-22/h4-7,14H,3,8-13H2,1-2H3,(H,23,26). The zero-order chi connectivity index (χ0) is 19.2. The molecular weight excluding hydrogens is 340 g/mol. The number of nitriles is 1. The molecule has 6 nitrogen and oxygen atoms in total. The van der Waals surface area contributed by atoms with E-state index in [-0.39, 0.29) is 11.1 Å². The lowest BCUT2D eigenvalue weighted by Crippen LogP contribution is -2.47. The van der Waals surface area contributed by atoms with Gasteiger partial charge in [0.05, 0.1) is 0 Å². The van der Waals surface area contributed by atoms with E-state index in [1.165, 1.54) is 0 Å². The van der Waals surface area contributed by atoms with Gasteiger partial charge in [0.1, 0.15) is 24.0 Å². The number of H-pyrrole nitrogens is 1. The van der Waals surface area contributed by atoms with E-state index in [2.05, 4.69) is 21.7 Å². The molecule has 1 aromatic heterocycles. The molecule has 0 unspecified atom stereocenters. The number of aryl methyl sites for hydroxylation is 1. The third kappa shape index (κ3) is 4.76. The van der Waals surface area contributed by atoms with E-state index >= 15 is 0 Å². The van der Waals surface area contributed by atoms with Gasteiger partial charge < -0.3 is 14.6 Å². The third-order valence-corrected chi connectivity index (χ3v) is 5.03. The quantitative estimate of drug-likeness (QED) is 0.849.